The summed E-state index contributed by atoms with van der Waals surface area (Å²) in [5.41, 5.74) is -0.265. The van der Waals surface area contributed by atoms with Crippen molar-refractivity contribution in [1.29, 1.82) is 0 Å². The summed E-state index contributed by atoms with van der Waals surface area (Å²) in [4.78, 5) is 26.9. The van der Waals surface area contributed by atoms with Gasteiger partial charge >= 0.3 is 13.6 Å². The second-order valence-corrected chi connectivity index (χ2v) is 3.59. The van der Waals surface area contributed by atoms with Crippen molar-refractivity contribution in [1.82, 2.24) is 0 Å². The van der Waals surface area contributed by atoms with Gasteiger partial charge < -0.3 is 14.9 Å². The van der Waals surface area contributed by atoms with E-state index in [0.29, 0.717) is 0 Å². The zero-order valence-corrected chi connectivity index (χ0v) is 6.78. The van der Waals surface area contributed by atoms with E-state index in [9.17, 15) is 9.36 Å². The van der Waals surface area contributed by atoms with Crippen molar-refractivity contribution in [2.45, 2.75) is 6.92 Å². The van der Waals surface area contributed by atoms with Crippen molar-refractivity contribution in [2.75, 3.05) is 6.16 Å². The van der Waals surface area contributed by atoms with Crippen LogP contribution in [-0.2, 0) is 9.36 Å². The summed E-state index contributed by atoms with van der Waals surface area (Å²) < 4.78 is 10.3. The maximum Gasteiger partial charge on any atom is 0.331 e. The van der Waals surface area contributed by atoms with Gasteiger partial charge in [0.1, 0.15) is 0 Å². The Hall–Kier alpha value is -0.640. The molecule has 0 unspecified atom stereocenters. The molecular formula is C5H9O5P. The number of hydrogen-bond acceptors (Lipinski definition) is 2. The lowest BCUT2D eigenvalue weighted by atomic mass is 10.3. The van der Waals surface area contributed by atoms with Crippen molar-refractivity contribution in [3.8, 4) is 0 Å². The molecule has 0 aromatic carbocycles. The first kappa shape index (κ1) is 10.4. The summed E-state index contributed by atoms with van der Waals surface area (Å²) in [7, 11) is -4.24. The van der Waals surface area contributed by atoms with E-state index < -0.39 is 19.7 Å². The first-order valence-corrected chi connectivity index (χ1v) is 4.59. The highest BCUT2D eigenvalue weighted by Gasteiger charge is 2.19. The van der Waals surface area contributed by atoms with Crippen LogP contribution < -0.4 is 0 Å². The topological polar surface area (TPSA) is 94.8 Å². The lowest BCUT2D eigenvalue weighted by molar-refractivity contribution is -0.132. The quantitative estimate of drug-likeness (QED) is 0.425. The molecule has 0 atom stereocenters. The second-order valence-electron chi connectivity index (χ2n) is 1.94. The number of carboxylic acids is 1. The minimum atomic E-state index is -4.24. The van der Waals surface area contributed by atoms with Crippen molar-refractivity contribution >= 4 is 13.6 Å². The largest absolute Gasteiger partial charge is 0.478 e. The summed E-state index contributed by atoms with van der Waals surface area (Å²) in [5.74, 6) is -1.30. The molecule has 11 heavy (non-hydrogen) atoms. The zero-order chi connectivity index (χ0) is 9.07. The van der Waals surface area contributed by atoms with Gasteiger partial charge in [0.2, 0.25) is 0 Å². The van der Waals surface area contributed by atoms with Gasteiger partial charge in [-0.15, -0.1) is 0 Å². The van der Waals surface area contributed by atoms with Crippen molar-refractivity contribution in [3.63, 3.8) is 0 Å². The van der Waals surface area contributed by atoms with Gasteiger partial charge in [-0.25, -0.2) is 4.79 Å². The number of carboxylic acid groups (broad SMARTS) is 1. The Bertz CT molecular complexity index is 225. The first-order valence-electron chi connectivity index (χ1n) is 2.80. The van der Waals surface area contributed by atoms with Crippen LogP contribution in [0.25, 0.3) is 0 Å². The third kappa shape index (κ3) is 4.72. The molecule has 0 aliphatic heterocycles. The summed E-state index contributed by atoms with van der Waals surface area (Å²) in [5, 5.41) is 8.32. The highest BCUT2D eigenvalue weighted by Crippen LogP contribution is 2.36. The molecule has 0 bridgehead atoms. The van der Waals surface area contributed by atoms with Gasteiger partial charge in [-0.1, -0.05) is 6.08 Å². The smallest absolute Gasteiger partial charge is 0.331 e. The highest BCUT2D eigenvalue weighted by atomic mass is 31.2. The molecule has 0 aromatic heterocycles. The minimum Gasteiger partial charge on any atom is -0.478 e. The average molecular weight is 180 g/mol. The standard InChI is InChI=1S/C5H9O5P/c1-2-4(5(6)7)3-11(8,9)10/h2H,3H2,1H3,(H,6,7)(H2,8,9,10). The van der Waals surface area contributed by atoms with E-state index in [1.165, 1.54) is 13.0 Å². The molecule has 0 spiro atoms. The van der Waals surface area contributed by atoms with E-state index in [0.717, 1.165) is 0 Å². The van der Waals surface area contributed by atoms with Crippen LogP contribution in [0.4, 0.5) is 0 Å². The Morgan fingerprint density at radius 3 is 2.09 bits per heavy atom. The fourth-order valence-electron chi connectivity index (χ4n) is 0.504. The summed E-state index contributed by atoms with van der Waals surface area (Å²) in [6, 6.07) is 0. The molecule has 3 N–H and O–H groups in total. The van der Waals surface area contributed by atoms with Crippen LogP contribution in [0.1, 0.15) is 6.92 Å². The van der Waals surface area contributed by atoms with Gasteiger partial charge in [0.15, 0.2) is 0 Å². The van der Waals surface area contributed by atoms with Crippen LogP contribution in [-0.4, -0.2) is 27.0 Å². The Morgan fingerprint density at radius 2 is 2.00 bits per heavy atom. The fourth-order valence-corrected chi connectivity index (χ4v) is 1.27. The highest BCUT2D eigenvalue weighted by molar-refractivity contribution is 7.52. The van der Waals surface area contributed by atoms with Crippen LogP contribution in [0.15, 0.2) is 11.6 Å². The predicted molar refractivity (Wildman–Crippen MR) is 38.3 cm³/mol. The number of rotatable bonds is 3. The Kier molecular flexibility index (Phi) is 3.45. The van der Waals surface area contributed by atoms with Crippen LogP contribution in [0.2, 0.25) is 0 Å². The van der Waals surface area contributed by atoms with Gasteiger partial charge in [0.25, 0.3) is 0 Å². The summed E-state index contributed by atoms with van der Waals surface area (Å²) >= 11 is 0. The number of carbonyl (C=O) groups is 1. The van der Waals surface area contributed by atoms with Gasteiger partial charge in [0, 0.05) is 5.57 Å². The van der Waals surface area contributed by atoms with Crippen LogP contribution in [0, 0.1) is 0 Å². The molecule has 0 aliphatic rings. The maximum atomic E-state index is 10.3. The van der Waals surface area contributed by atoms with E-state index in [-0.39, 0.29) is 5.57 Å². The SMILES string of the molecule is CC=C(CP(=O)(O)O)C(=O)O. The average Bonchev–Trinajstić information content (AvgIpc) is 1.80. The number of aliphatic carboxylic acids is 1. The monoisotopic (exact) mass is 180 g/mol. The molecule has 0 saturated heterocycles. The molecule has 0 aromatic rings. The van der Waals surface area contributed by atoms with E-state index in [2.05, 4.69) is 0 Å². The van der Waals surface area contributed by atoms with E-state index in [1.54, 1.807) is 0 Å². The molecule has 0 heterocycles. The second kappa shape index (κ2) is 3.67. The third-order valence-corrected chi connectivity index (χ3v) is 1.75. The molecule has 0 amide bonds. The molecule has 5 nitrogen and oxygen atoms in total. The van der Waals surface area contributed by atoms with E-state index >= 15 is 0 Å². The fraction of sp³-hybridized carbons (Fsp3) is 0.400. The maximum absolute atomic E-state index is 10.3. The van der Waals surface area contributed by atoms with E-state index in [1.807, 2.05) is 0 Å². The van der Waals surface area contributed by atoms with E-state index in [4.69, 9.17) is 14.9 Å². The summed E-state index contributed by atoms with van der Waals surface area (Å²) in [6.45, 7) is 1.42. The predicted octanol–water partition coefficient (Wildman–Crippen LogP) is 0.195. The molecule has 6 heteroatoms. The molecule has 0 aliphatic carbocycles. The Balaban J connectivity index is 4.37. The summed E-state index contributed by atoms with van der Waals surface area (Å²) in [6.07, 6.45) is 0.459. The van der Waals surface area contributed by atoms with Crippen molar-refractivity contribution in [3.05, 3.63) is 11.6 Å². The van der Waals surface area contributed by atoms with Crippen LogP contribution in [0.5, 0.6) is 0 Å². The normalized spacial score (nSPS) is 13.2. The van der Waals surface area contributed by atoms with Gasteiger partial charge in [-0.05, 0) is 6.92 Å². The number of allylic oxidation sites excluding steroid dienone is 1. The molecule has 64 valence electrons. The lowest BCUT2D eigenvalue weighted by Gasteiger charge is -2.02. The number of hydrogen-bond donors (Lipinski definition) is 3. The molecule has 0 saturated carbocycles. The van der Waals surface area contributed by atoms with Gasteiger partial charge in [0.05, 0.1) is 6.16 Å². The minimum absolute atomic E-state index is 0.265. The third-order valence-electron chi connectivity index (χ3n) is 0.999. The van der Waals surface area contributed by atoms with Gasteiger partial charge in [-0.3, -0.25) is 4.57 Å². The van der Waals surface area contributed by atoms with Gasteiger partial charge in [-0.2, -0.15) is 0 Å². The van der Waals surface area contributed by atoms with Crippen molar-refractivity contribution < 1.29 is 24.3 Å². The molecule has 0 radical (unpaired) electrons. The molecular weight excluding hydrogens is 171 g/mol. The molecule has 0 rings (SSSR count). The zero-order valence-electron chi connectivity index (χ0n) is 5.89. The first-order chi connectivity index (χ1) is 4.87. The lowest BCUT2D eigenvalue weighted by Crippen LogP contribution is -2.05. The molecule has 0 fully saturated rings. The van der Waals surface area contributed by atoms with Crippen molar-refractivity contribution in [2.24, 2.45) is 0 Å². The Labute approximate surface area is 63.5 Å². The van der Waals surface area contributed by atoms with Crippen LogP contribution >= 0.6 is 7.60 Å². The van der Waals surface area contributed by atoms with Crippen LogP contribution in [0.3, 0.4) is 0 Å². The Morgan fingerprint density at radius 1 is 1.55 bits per heavy atom.